The molecule has 1 atom stereocenters. The molecule has 1 unspecified atom stereocenters. The fourth-order valence-corrected chi connectivity index (χ4v) is 1.99. The third-order valence-electron chi connectivity index (χ3n) is 2.92. The lowest BCUT2D eigenvalue weighted by Gasteiger charge is -2.19. The first kappa shape index (κ1) is 13.4. The van der Waals surface area contributed by atoms with Gasteiger partial charge in [0.25, 0.3) is 0 Å². The van der Waals surface area contributed by atoms with Gasteiger partial charge in [-0.25, -0.2) is 15.8 Å². The number of hydrogen-bond acceptors (Lipinski definition) is 6. The lowest BCUT2D eigenvalue weighted by molar-refractivity contribution is 0.490. The van der Waals surface area contributed by atoms with Crippen LogP contribution in [-0.2, 0) is 0 Å². The number of nitrogens with one attached hydrogen (secondary N) is 2. The molecule has 0 radical (unpaired) electrons. The highest BCUT2D eigenvalue weighted by molar-refractivity contribution is 5.59. The molecule has 0 saturated heterocycles. The molecule has 2 aromatic rings. The zero-order valence-electron chi connectivity index (χ0n) is 11.3. The topological polar surface area (TPSA) is 89.0 Å². The monoisotopic (exact) mass is 261 g/mol. The maximum absolute atomic E-state index is 5.50. The first-order chi connectivity index (χ1) is 9.13. The van der Waals surface area contributed by atoms with Gasteiger partial charge in [-0.3, -0.25) is 0 Å². The first-order valence-electron chi connectivity index (χ1n) is 6.25. The number of nitrogens with zero attached hydrogens (tertiary/aromatic N) is 2. The highest BCUT2D eigenvalue weighted by Gasteiger charge is 2.17. The highest BCUT2D eigenvalue weighted by atomic mass is 16.3. The van der Waals surface area contributed by atoms with Gasteiger partial charge in [0.15, 0.2) is 0 Å². The minimum absolute atomic E-state index is 0.0213. The molecule has 2 heterocycles. The molecule has 4 N–H and O–H groups in total. The average molecular weight is 261 g/mol. The van der Waals surface area contributed by atoms with Crippen molar-refractivity contribution in [3.63, 3.8) is 0 Å². The first-order valence-corrected chi connectivity index (χ1v) is 6.25. The van der Waals surface area contributed by atoms with Crippen molar-refractivity contribution in [2.45, 2.75) is 32.7 Å². The quantitative estimate of drug-likeness (QED) is 0.566. The molecule has 0 spiro atoms. The van der Waals surface area contributed by atoms with Crippen LogP contribution in [0.3, 0.4) is 0 Å². The summed E-state index contributed by atoms with van der Waals surface area (Å²) in [6.45, 7) is 6.16. The van der Waals surface area contributed by atoms with Crippen molar-refractivity contribution in [3.05, 3.63) is 36.0 Å². The Bertz CT molecular complexity index is 524. The smallest absolute Gasteiger partial charge is 0.148 e. The Morgan fingerprint density at radius 2 is 1.95 bits per heavy atom. The van der Waals surface area contributed by atoms with Crippen LogP contribution in [0.25, 0.3) is 0 Å². The Balaban J connectivity index is 2.29. The summed E-state index contributed by atoms with van der Waals surface area (Å²) < 4.78 is 5.38. The number of nitrogens with two attached hydrogens (primary N) is 1. The molecular formula is C13H19N5O. The van der Waals surface area contributed by atoms with E-state index in [2.05, 4.69) is 34.6 Å². The van der Waals surface area contributed by atoms with E-state index in [1.54, 1.807) is 6.26 Å². The highest BCUT2D eigenvalue weighted by Crippen LogP contribution is 2.30. The van der Waals surface area contributed by atoms with E-state index in [4.69, 9.17) is 10.3 Å². The maximum atomic E-state index is 5.50. The molecule has 0 aliphatic heterocycles. The van der Waals surface area contributed by atoms with Crippen molar-refractivity contribution < 1.29 is 4.42 Å². The molecule has 0 amide bonds. The molecule has 0 aromatic carbocycles. The summed E-state index contributed by atoms with van der Waals surface area (Å²) in [6, 6.07) is 3.81. The van der Waals surface area contributed by atoms with Crippen LogP contribution in [0, 0.1) is 0 Å². The molecule has 6 nitrogen and oxygen atoms in total. The van der Waals surface area contributed by atoms with E-state index in [1.807, 2.05) is 19.1 Å². The summed E-state index contributed by atoms with van der Waals surface area (Å²) in [5.41, 5.74) is 3.57. The van der Waals surface area contributed by atoms with Crippen LogP contribution < -0.4 is 16.6 Å². The van der Waals surface area contributed by atoms with Crippen molar-refractivity contribution in [3.8, 4) is 0 Å². The molecule has 6 heteroatoms. The van der Waals surface area contributed by atoms with Crippen molar-refractivity contribution in [1.82, 2.24) is 9.97 Å². The SMILES string of the molecule is CC(C)c1c(NN)ncnc1NC(C)c1ccco1. The largest absolute Gasteiger partial charge is 0.467 e. The summed E-state index contributed by atoms with van der Waals surface area (Å²) in [5.74, 6) is 8.01. The zero-order valence-corrected chi connectivity index (χ0v) is 11.3. The second-order valence-electron chi connectivity index (χ2n) is 4.67. The van der Waals surface area contributed by atoms with Crippen LogP contribution in [0.2, 0.25) is 0 Å². The van der Waals surface area contributed by atoms with Gasteiger partial charge in [0.2, 0.25) is 0 Å². The van der Waals surface area contributed by atoms with Crippen LogP contribution in [0.5, 0.6) is 0 Å². The van der Waals surface area contributed by atoms with Crippen molar-refractivity contribution in [1.29, 1.82) is 0 Å². The Morgan fingerprint density at radius 3 is 2.53 bits per heavy atom. The Hall–Kier alpha value is -2.08. The number of aromatic nitrogens is 2. The van der Waals surface area contributed by atoms with E-state index in [0.29, 0.717) is 5.82 Å². The summed E-state index contributed by atoms with van der Waals surface area (Å²) >= 11 is 0. The molecule has 19 heavy (non-hydrogen) atoms. The number of nitrogen functional groups attached to an aromatic ring is 1. The van der Waals surface area contributed by atoms with Crippen molar-refractivity contribution in [2.24, 2.45) is 5.84 Å². The molecule has 2 aromatic heterocycles. The Kier molecular flexibility index (Phi) is 4.01. The lowest BCUT2D eigenvalue weighted by Crippen LogP contribution is -2.16. The minimum atomic E-state index is 0.0213. The number of rotatable bonds is 5. The summed E-state index contributed by atoms with van der Waals surface area (Å²) in [5, 5.41) is 3.33. The predicted molar refractivity (Wildman–Crippen MR) is 74.7 cm³/mol. The van der Waals surface area contributed by atoms with Crippen molar-refractivity contribution >= 4 is 11.6 Å². The number of hydrazine groups is 1. The lowest BCUT2D eigenvalue weighted by atomic mass is 10.0. The Morgan fingerprint density at radius 1 is 1.21 bits per heavy atom. The molecule has 2 rings (SSSR count). The van der Waals surface area contributed by atoms with Crippen LogP contribution in [0.1, 0.15) is 44.1 Å². The second kappa shape index (κ2) is 5.71. The van der Waals surface area contributed by atoms with Gasteiger partial charge < -0.3 is 15.2 Å². The van der Waals surface area contributed by atoms with Crippen LogP contribution >= 0.6 is 0 Å². The van der Waals surface area contributed by atoms with Crippen LogP contribution in [-0.4, -0.2) is 9.97 Å². The van der Waals surface area contributed by atoms with Gasteiger partial charge in [0.05, 0.1) is 12.3 Å². The molecule has 0 fully saturated rings. The van der Waals surface area contributed by atoms with Gasteiger partial charge in [-0.15, -0.1) is 0 Å². The van der Waals surface area contributed by atoms with Crippen LogP contribution in [0.4, 0.5) is 11.6 Å². The fraction of sp³-hybridized carbons (Fsp3) is 0.385. The normalized spacial score (nSPS) is 12.5. The zero-order chi connectivity index (χ0) is 13.8. The van der Waals surface area contributed by atoms with Gasteiger partial charge >= 0.3 is 0 Å². The van der Waals surface area contributed by atoms with Gasteiger partial charge in [-0.2, -0.15) is 0 Å². The molecule has 0 aliphatic carbocycles. The molecule has 0 aliphatic rings. The molecular weight excluding hydrogens is 242 g/mol. The van der Waals surface area contributed by atoms with E-state index in [-0.39, 0.29) is 12.0 Å². The number of hydrogen-bond donors (Lipinski definition) is 3. The summed E-state index contributed by atoms with van der Waals surface area (Å²) in [7, 11) is 0. The molecule has 0 saturated carbocycles. The van der Waals surface area contributed by atoms with E-state index in [9.17, 15) is 0 Å². The third-order valence-corrected chi connectivity index (χ3v) is 2.92. The standard InChI is InChI=1S/C13H19N5O/c1-8(2)11-12(15-7-16-13(11)18-14)17-9(3)10-5-4-6-19-10/h4-9H,14H2,1-3H3,(H2,15,16,17,18). The van der Waals surface area contributed by atoms with Gasteiger partial charge in [-0.1, -0.05) is 13.8 Å². The summed E-state index contributed by atoms with van der Waals surface area (Å²) in [6.07, 6.45) is 3.14. The predicted octanol–water partition coefficient (Wildman–Crippen LogP) is 2.65. The average Bonchev–Trinajstić information content (AvgIpc) is 2.92. The van der Waals surface area contributed by atoms with Gasteiger partial charge in [-0.05, 0) is 25.0 Å². The van der Waals surface area contributed by atoms with E-state index < -0.39 is 0 Å². The van der Waals surface area contributed by atoms with Crippen LogP contribution in [0.15, 0.2) is 29.1 Å². The van der Waals surface area contributed by atoms with E-state index in [1.165, 1.54) is 6.33 Å². The number of furan rings is 1. The molecule has 102 valence electrons. The van der Waals surface area contributed by atoms with E-state index in [0.717, 1.165) is 17.1 Å². The third kappa shape index (κ3) is 2.85. The molecule has 0 bridgehead atoms. The van der Waals surface area contributed by atoms with Gasteiger partial charge in [0, 0.05) is 5.56 Å². The maximum Gasteiger partial charge on any atom is 0.148 e. The number of anilines is 2. The second-order valence-corrected chi connectivity index (χ2v) is 4.67. The Labute approximate surface area is 112 Å². The van der Waals surface area contributed by atoms with Gasteiger partial charge in [0.1, 0.15) is 23.7 Å². The minimum Gasteiger partial charge on any atom is -0.467 e. The van der Waals surface area contributed by atoms with E-state index >= 15 is 0 Å². The summed E-state index contributed by atoms with van der Waals surface area (Å²) in [4.78, 5) is 8.44. The van der Waals surface area contributed by atoms with Crippen molar-refractivity contribution in [2.75, 3.05) is 10.7 Å². The fourth-order valence-electron chi connectivity index (χ4n) is 1.99.